The molecule has 2 atom stereocenters. The number of allylic oxidation sites excluding steroid dienone is 1. The molecule has 0 unspecified atom stereocenters. The van der Waals surface area contributed by atoms with E-state index in [0.717, 1.165) is 38.5 Å². The van der Waals surface area contributed by atoms with Gasteiger partial charge in [0.25, 0.3) is 0 Å². The minimum absolute atomic E-state index is 0.269. The van der Waals surface area contributed by atoms with Crippen LogP contribution >= 0.6 is 7.82 Å². The van der Waals surface area contributed by atoms with Crippen LogP contribution in [-0.2, 0) is 13.9 Å². The van der Waals surface area contributed by atoms with Crippen molar-refractivity contribution in [3.63, 3.8) is 0 Å². The largest absolute Gasteiger partial charge is 0.790 e. The second kappa shape index (κ2) is 28.4. The molecule has 238 valence electrons. The van der Waals surface area contributed by atoms with E-state index in [1.165, 1.54) is 109 Å². The Morgan fingerprint density at radius 2 is 1.12 bits per heavy atom. The molecule has 0 aliphatic carbocycles. The predicted octanol–water partition coefficient (Wildman–Crippen LogP) is 7.64. The van der Waals surface area contributed by atoms with Crippen LogP contribution in [0.4, 0.5) is 0 Å². The summed E-state index contributed by atoms with van der Waals surface area (Å²) in [5.74, 6) is -0.269. The van der Waals surface area contributed by atoms with Crippen LogP contribution in [0, 0.1) is 0 Å². The minimum atomic E-state index is -5.20. The van der Waals surface area contributed by atoms with Gasteiger partial charge in [0, 0.05) is 6.42 Å². The number of hydrogen-bond acceptors (Lipinski definition) is 6. The number of carbonyl (C=O) groups excluding carboxylic acids is 1. The molecule has 0 aliphatic heterocycles. The number of rotatable bonds is 30. The highest BCUT2D eigenvalue weighted by Crippen LogP contribution is 2.25. The molecule has 8 heteroatoms. The van der Waals surface area contributed by atoms with Gasteiger partial charge in [0.15, 0.2) is 0 Å². The average molecular weight is 588 g/mol. The first-order chi connectivity index (χ1) is 19.3. The van der Waals surface area contributed by atoms with Crippen LogP contribution in [0.5, 0.6) is 0 Å². The van der Waals surface area contributed by atoms with Crippen LogP contribution in [0.1, 0.15) is 168 Å². The maximum Gasteiger partial charge on any atom is 0.220 e. The maximum absolute atomic E-state index is 12.4. The lowest BCUT2D eigenvalue weighted by Crippen LogP contribution is -2.46. The molecule has 0 fully saturated rings. The molecule has 0 spiro atoms. The van der Waals surface area contributed by atoms with Gasteiger partial charge in [-0.2, -0.15) is 0 Å². The second-order valence-electron chi connectivity index (χ2n) is 11.4. The Balaban J connectivity index is 4.11. The molecule has 0 heterocycles. The van der Waals surface area contributed by atoms with Crippen molar-refractivity contribution in [3.05, 3.63) is 12.2 Å². The van der Waals surface area contributed by atoms with Crippen LogP contribution in [0.2, 0.25) is 0 Å². The van der Waals surface area contributed by atoms with E-state index >= 15 is 0 Å². The summed E-state index contributed by atoms with van der Waals surface area (Å²) in [6.45, 7) is 3.90. The van der Waals surface area contributed by atoms with Crippen molar-refractivity contribution < 1.29 is 28.8 Å². The molecular weight excluding hydrogens is 525 g/mol. The van der Waals surface area contributed by atoms with Crippen molar-refractivity contribution in [1.82, 2.24) is 5.32 Å². The third kappa shape index (κ3) is 28.8. The summed E-state index contributed by atoms with van der Waals surface area (Å²) in [5.41, 5.74) is 0. The topological polar surface area (TPSA) is 122 Å². The lowest BCUT2D eigenvalue weighted by molar-refractivity contribution is -0.342. The van der Waals surface area contributed by atoms with Gasteiger partial charge in [-0.25, -0.2) is 0 Å². The standard InChI is InChI=1S/C32H64NO6P/c1-3-5-7-9-11-13-15-16-18-19-21-23-25-27-31(34)30(29-39-40(36,37)38)33-32(35)28-26-24-22-20-17-14-12-10-8-6-4-2/h25,27,30-31,34H,3-24,26,28-29H2,1-2H3,(H,33,35)(H2,36,37,38)/p-2/b27-25+/t30-,31+/m0/s1. The Labute approximate surface area is 246 Å². The number of phosphoric ester groups is 1. The molecule has 0 bridgehead atoms. The van der Waals surface area contributed by atoms with Gasteiger partial charge in [-0.15, -0.1) is 0 Å². The minimum Gasteiger partial charge on any atom is -0.790 e. The first-order valence-corrected chi connectivity index (χ1v) is 18.1. The SMILES string of the molecule is CCCCCCCCCCCCC/C=C/[C@@H](O)[C@H](COP(=O)([O-])[O-])NC(=O)CCCCCCCCCCCCC. The third-order valence-electron chi connectivity index (χ3n) is 7.49. The smallest absolute Gasteiger partial charge is 0.220 e. The summed E-state index contributed by atoms with van der Waals surface area (Å²) < 4.78 is 15.3. The van der Waals surface area contributed by atoms with E-state index in [-0.39, 0.29) is 5.91 Å². The Kier molecular flexibility index (Phi) is 27.9. The van der Waals surface area contributed by atoms with Gasteiger partial charge in [0.1, 0.15) is 0 Å². The van der Waals surface area contributed by atoms with Crippen molar-refractivity contribution in [2.24, 2.45) is 0 Å². The van der Waals surface area contributed by atoms with Crippen LogP contribution < -0.4 is 15.1 Å². The van der Waals surface area contributed by atoms with Gasteiger partial charge in [-0.05, 0) is 19.3 Å². The van der Waals surface area contributed by atoms with Crippen LogP contribution in [0.25, 0.3) is 0 Å². The number of aliphatic hydroxyl groups is 1. The Morgan fingerprint density at radius 1 is 0.725 bits per heavy atom. The van der Waals surface area contributed by atoms with E-state index in [0.29, 0.717) is 6.42 Å². The number of unbranched alkanes of at least 4 members (excludes halogenated alkanes) is 21. The molecule has 0 aromatic carbocycles. The van der Waals surface area contributed by atoms with Crippen LogP contribution in [-0.4, -0.2) is 29.8 Å². The fraction of sp³-hybridized carbons (Fsp3) is 0.906. The maximum atomic E-state index is 12.4. The molecule has 0 saturated heterocycles. The quantitative estimate of drug-likeness (QED) is 0.0506. The van der Waals surface area contributed by atoms with Gasteiger partial charge in [0.05, 0.1) is 26.6 Å². The van der Waals surface area contributed by atoms with Gasteiger partial charge in [-0.3, -0.25) is 4.79 Å². The van der Waals surface area contributed by atoms with Crippen molar-refractivity contribution >= 4 is 13.7 Å². The molecule has 0 aromatic heterocycles. The summed E-state index contributed by atoms with van der Waals surface area (Å²) in [7, 11) is -5.20. The van der Waals surface area contributed by atoms with E-state index in [9.17, 15) is 24.3 Å². The summed E-state index contributed by atoms with van der Waals surface area (Å²) in [4.78, 5) is 34.3. The van der Waals surface area contributed by atoms with Crippen LogP contribution in [0.15, 0.2) is 12.2 Å². The summed E-state index contributed by atoms with van der Waals surface area (Å²) >= 11 is 0. The highest BCUT2D eigenvalue weighted by molar-refractivity contribution is 7.43. The van der Waals surface area contributed by atoms with Crippen molar-refractivity contribution in [3.8, 4) is 0 Å². The fourth-order valence-corrected chi connectivity index (χ4v) is 5.27. The molecular formula is C32H62NO6P-2. The number of amides is 1. The monoisotopic (exact) mass is 587 g/mol. The second-order valence-corrected chi connectivity index (χ2v) is 12.6. The van der Waals surface area contributed by atoms with Crippen molar-refractivity contribution in [2.75, 3.05) is 6.61 Å². The Hall–Kier alpha value is -0.720. The van der Waals surface area contributed by atoms with Gasteiger partial charge >= 0.3 is 0 Å². The number of hydrogen-bond donors (Lipinski definition) is 2. The zero-order chi connectivity index (χ0) is 29.7. The van der Waals surface area contributed by atoms with Gasteiger partial charge < -0.3 is 29.3 Å². The lowest BCUT2D eigenvalue weighted by atomic mass is 10.0. The normalized spacial score (nSPS) is 13.6. The highest BCUT2D eigenvalue weighted by atomic mass is 31.2. The third-order valence-corrected chi connectivity index (χ3v) is 7.95. The number of carbonyl (C=O) groups is 1. The molecule has 0 radical (unpaired) electrons. The Morgan fingerprint density at radius 3 is 1.55 bits per heavy atom. The predicted molar refractivity (Wildman–Crippen MR) is 163 cm³/mol. The molecule has 0 aromatic rings. The zero-order valence-corrected chi connectivity index (χ0v) is 26.8. The zero-order valence-electron chi connectivity index (χ0n) is 25.9. The van der Waals surface area contributed by atoms with Gasteiger partial charge in [-0.1, -0.05) is 154 Å². The molecule has 0 saturated carbocycles. The van der Waals surface area contributed by atoms with E-state index in [2.05, 4.69) is 23.7 Å². The summed E-state index contributed by atoms with van der Waals surface area (Å²) in [5, 5.41) is 13.2. The van der Waals surface area contributed by atoms with Gasteiger partial charge in [0.2, 0.25) is 5.91 Å². The molecule has 0 aliphatic rings. The average Bonchev–Trinajstić information content (AvgIpc) is 2.91. The highest BCUT2D eigenvalue weighted by Gasteiger charge is 2.20. The number of nitrogens with one attached hydrogen (secondary N) is 1. The lowest BCUT2D eigenvalue weighted by Gasteiger charge is -2.32. The molecule has 0 rings (SSSR count). The van der Waals surface area contributed by atoms with E-state index in [1.807, 2.05) is 6.08 Å². The fourth-order valence-electron chi connectivity index (χ4n) is 4.92. The van der Waals surface area contributed by atoms with Crippen molar-refractivity contribution in [2.45, 2.75) is 180 Å². The molecule has 40 heavy (non-hydrogen) atoms. The van der Waals surface area contributed by atoms with E-state index < -0.39 is 26.6 Å². The molecule has 2 N–H and O–H groups in total. The number of aliphatic hydroxyl groups excluding tert-OH is 1. The molecule has 7 nitrogen and oxygen atoms in total. The first-order valence-electron chi connectivity index (χ1n) is 16.6. The molecule has 1 amide bonds. The first kappa shape index (κ1) is 39.3. The summed E-state index contributed by atoms with van der Waals surface area (Å²) in [6.07, 6.45) is 30.4. The van der Waals surface area contributed by atoms with E-state index in [4.69, 9.17) is 0 Å². The van der Waals surface area contributed by atoms with Crippen molar-refractivity contribution in [1.29, 1.82) is 0 Å². The summed E-state index contributed by atoms with van der Waals surface area (Å²) in [6, 6.07) is -0.981. The van der Waals surface area contributed by atoms with E-state index in [1.54, 1.807) is 6.08 Å². The van der Waals surface area contributed by atoms with Crippen LogP contribution in [0.3, 0.4) is 0 Å². The Bertz CT molecular complexity index is 639. The number of phosphoric acid groups is 1.